The minimum absolute atomic E-state index is 0.117. The van der Waals surface area contributed by atoms with Gasteiger partial charge in [-0.3, -0.25) is 4.79 Å². The number of rotatable bonds is 6. The van der Waals surface area contributed by atoms with E-state index in [9.17, 15) is 9.18 Å². The number of nitrogens with one attached hydrogen (secondary N) is 1. The molecule has 0 saturated carbocycles. The first-order chi connectivity index (χ1) is 14.6. The van der Waals surface area contributed by atoms with Crippen LogP contribution in [0, 0.1) is 5.82 Å². The Morgan fingerprint density at radius 1 is 1.10 bits per heavy atom. The van der Waals surface area contributed by atoms with Crippen molar-refractivity contribution in [3.8, 4) is 27.6 Å². The third-order valence-electron chi connectivity index (χ3n) is 4.45. The first-order valence-corrected chi connectivity index (χ1v) is 10.1. The fourth-order valence-corrected chi connectivity index (χ4v) is 3.65. The van der Waals surface area contributed by atoms with Crippen molar-refractivity contribution in [1.29, 1.82) is 0 Å². The SMILES string of the molecule is COc1ccc(-c2cnc(NC(=O)Cc3ccc(F)cc3)c(-c3cccs3)n2)cc1. The number of carbonyl (C=O) groups excluding carboxylic acids is 1. The summed E-state index contributed by atoms with van der Waals surface area (Å²) in [6, 6.07) is 17.3. The second kappa shape index (κ2) is 8.84. The van der Waals surface area contributed by atoms with Gasteiger partial charge in [0, 0.05) is 5.56 Å². The molecule has 0 bridgehead atoms. The Balaban J connectivity index is 1.62. The number of benzene rings is 2. The molecule has 0 saturated heterocycles. The molecule has 1 N–H and O–H groups in total. The lowest BCUT2D eigenvalue weighted by Gasteiger charge is -2.11. The predicted molar refractivity (Wildman–Crippen MR) is 116 cm³/mol. The quantitative estimate of drug-likeness (QED) is 0.467. The molecule has 0 fully saturated rings. The predicted octanol–water partition coefficient (Wildman–Crippen LogP) is 5.20. The Hall–Kier alpha value is -3.58. The number of hydrogen-bond donors (Lipinski definition) is 1. The van der Waals surface area contributed by atoms with Crippen molar-refractivity contribution in [2.45, 2.75) is 6.42 Å². The Labute approximate surface area is 177 Å². The summed E-state index contributed by atoms with van der Waals surface area (Å²) in [5, 5.41) is 4.78. The average molecular weight is 419 g/mol. The minimum Gasteiger partial charge on any atom is -0.497 e. The summed E-state index contributed by atoms with van der Waals surface area (Å²) >= 11 is 1.52. The lowest BCUT2D eigenvalue weighted by atomic mass is 10.1. The number of anilines is 1. The van der Waals surface area contributed by atoms with Gasteiger partial charge in [0.1, 0.15) is 17.3 Å². The molecule has 5 nitrogen and oxygen atoms in total. The number of nitrogens with zero attached hydrogens (tertiary/aromatic N) is 2. The molecule has 150 valence electrons. The molecule has 4 aromatic rings. The molecule has 7 heteroatoms. The Kier molecular flexibility index (Phi) is 5.81. The molecule has 0 aliphatic heterocycles. The number of carbonyl (C=O) groups is 1. The van der Waals surface area contributed by atoms with Crippen molar-refractivity contribution >= 4 is 23.1 Å². The van der Waals surface area contributed by atoms with Crippen LogP contribution in [-0.4, -0.2) is 23.0 Å². The van der Waals surface area contributed by atoms with E-state index in [1.54, 1.807) is 25.4 Å². The Morgan fingerprint density at radius 3 is 2.53 bits per heavy atom. The first-order valence-electron chi connectivity index (χ1n) is 9.22. The van der Waals surface area contributed by atoms with E-state index in [1.165, 1.54) is 23.5 Å². The summed E-state index contributed by atoms with van der Waals surface area (Å²) < 4.78 is 18.3. The Bertz CT molecular complexity index is 1140. The lowest BCUT2D eigenvalue weighted by molar-refractivity contribution is -0.115. The molecule has 1 amide bonds. The van der Waals surface area contributed by atoms with Crippen molar-refractivity contribution in [1.82, 2.24) is 9.97 Å². The summed E-state index contributed by atoms with van der Waals surface area (Å²) in [7, 11) is 1.62. The molecule has 0 aliphatic rings. The smallest absolute Gasteiger partial charge is 0.230 e. The zero-order chi connectivity index (χ0) is 20.9. The van der Waals surface area contributed by atoms with Gasteiger partial charge in [-0.15, -0.1) is 11.3 Å². The van der Waals surface area contributed by atoms with Crippen molar-refractivity contribution in [3.63, 3.8) is 0 Å². The maximum Gasteiger partial charge on any atom is 0.230 e. The largest absolute Gasteiger partial charge is 0.497 e. The third kappa shape index (κ3) is 4.52. The van der Waals surface area contributed by atoms with Crippen LogP contribution in [0.4, 0.5) is 10.2 Å². The maximum atomic E-state index is 13.1. The van der Waals surface area contributed by atoms with E-state index in [4.69, 9.17) is 9.72 Å². The molecular weight excluding hydrogens is 401 g/mol. The molecular formula is C23H18FN3O2S. The van der Waals surface area contributed by atoms with Gasteiger partial charge in [0.25, 0.3) is 0 Å². The van der Waals surface area contributed by atoms with Crippen molar-refractivity contribution in [3.05, 3.63) is 83.6 Å². The third-order valence-corrected chi connectivity index (χ3v) is 5.33. The summed E-state index contributed by atoms with van der Waals surface area (Å²) in [6.07, 6.45) is 1.75. The standard InChI is InChI=1S/C23H18FN3O2S/c1-29-18-10-6-16(7-11-18)19-14-25-23(22(26-19)20-3-2-12-30-20)27-21(28)13-15-4-8-17(24)9-5-15/h2-12,14H,13H2,1H3,(H,25,27,28). The van der Waals surface area contributed by atoms with Crippen LogP contribution in [0.3, 0.4) is 0 Å². The zero-order valence-corrected chi connectivity index (χ0v) is 16.9. The van der Waals surface area contributed by atoms with Crippen molar-refractivity contribution < 1.29 is 13.9 Å². The van der Waals surface area contributed by atoms with Crippen LogP contribution in [-0.2, 0) is 11.2 Å². The molecule has 0 atom stereocenters. The van der Waals surface area contributed by atoms with Crippen LogP contribution in [0.2, 0.25) is 0 Å². The topological polar surface area (TPSA) is 64.1 Å². The normalized spacial score (nSPS) is 10.6. The molecule has 4 rings (SSSR count). The van der Waals surface area contributed by atoms with Gasteiger partial charge in [-0.05, 0) is 53.4 Å². The molecule has 0 unspecified atom stereocenters. The molecule has 0 aliphatic carbocycles. The zero-order valence-electron chi connectivity index (χ0n) is 16.1. The van der Waals surface area contributed by atoms with Gasteiger partial charge in [0.05, 0.1) is 30.3 Å². The molecule has 0 radical (unpaired) electrons. The highest BCUT2D eigenvalue weighted by Gasteiger charge is 2.15. The molecule has 30 heavy (non-hydrogen) atoms. The summed E-state index contributed by atoms with van der Waals surface area (Å²) in [6.45, 7) is 0. The second-order valence-electron chi connectivity index (χ2n) is 6.51. The number of hydrogen-bond acceptors (Lipinski definition) is 5. The fraction of sp³-hybridized carbons (Fsp3) is 0.0870. The number of methoxy groups -OCH3 is 1. The average Bonchev–Trinajstić information content (AvgIpc) is 3.30. The van der Waals surface area contributed by atoms with E-state index in [0.717, 1.165) is 21.8 Å². The maximum absolute atomic E-state index is 13.1. The highest BCUT2D eigenvalue weighted by molar-refractivity contribution is 7.13. The van der Waals surface area contributed by atoms with Gasteiger partial charge in [-0.25, -0.2) is 14.4 Å². The van der Waals surface area contributed by atoms with Crippen molar-refractivity contribution in [2.24, 2.45) is 0 Å². The van der Waals surface area contributed by atoms with Gasteiger partial charge in [0.2, 0.25) is 5.91 Å². The summed E-state index contributed by atoms with van der Waals surface area (Å²) in [5.74, 6) is 0.571. The monoisotopic (exact) mass is 419 g/mol. The minimum atomic E-state index is -0.334. The molecule has 2 heterocycles. The van der Waals surface area contributed by atoms with Gasteiger partial charge < -0.3 is 10.1 Å². The van der Waals surface area contributed by atoms with E-state index >= 15 is 0 Å². The number of amides is 1. The van der Waals surface area contributed by atoms with E-state index in [2.05, 4.69) is 10.3 Å². The summed E-state index contributed by atoms with van der Waals surface area (Å²) in [4.78, 5) is 22.7. The highest BCUT2D eigenvalue weighted by Crippen LogP contribution is 2.31. The highest BCUT2D eigenvalue weighted by atomic mass is 32.1. The fourth-order valence-electron chi connectivity index (χ4n) is 2.93. The van der Waals surface area contributed by atoms with E-state index in [-0.39, 0.29) is 18.1 Å². The van der Waals surface area contributed by atoms with Gasteiger partial charge in [-0.2, -0.15) is 0 Å². The van der Waals surface area contributed by atoms with Gasteiger partial charge in [-0.1, -0.05) is 18.2 Å². The number of halogens is 1. The van der Waals surface area contributed by atoms with Crippen LogP contribution in [0.5, 0.6) is 5.75 Å². The van der Waals surface area contributed by atoms with Gasteiger partial charge in [0.15, 0.2) is 5.82 Å². The second-order valence-corrected chi connectivity index (χ2v) is 7.46. The van der Waals surface area contributed by atoms with E-state index < -0.39 is 0 Å². The van der Waals surface area contributed by atoms with Crippen LogP contribution in [0.15, 0.2) is 72.2 Å². The van der Waals surface area contributed by atoms with Crippen LogP contribution < -0.4 is 10.1 Å². The number of aromatic nitrogens is 2. The van der Waals surface area contributed by atoms with Crippen LogP contribution in [0.1, 0.15) is 5.56 Å². The van der Waals surface area contributed by atoms with Gasteiger partial charge >= 0.3 is 0 Å². The summed E-state index contributed by atoms with van der Waals surface area (Å²) in [5.41, 5.74) is 2.91. The van der Waals surface area contributed by atoms with Crippen LogP contribution >= 0.6 is 11.3 Å². The number of ether oxygens (including phenoxy) is 1. The van der Waals surface area contributed by atoms with Crippen LogP contribution in [0.25, 0.3) is 21.8 Å². The molecule has 0 spiro atoms. The lowest BCUT2D eigenvalue weighted by Crippen LogP contribution is -2.16. The molecule has 2 aromatic carbocycles. The van der Waals surface area contributed by atoms with E-state index in [0.29, 0.717) is 17.2 Å². The Morgan fingerprint density at radius 2 is 1.87 bits per heavy atom. The molecule has 2 aromatic heterocycles. The number of thiophene rings is 1. The first kappa shape index (κ1) is 19.7. The van der Waals surface area contributed by atoms with E-state index in [1.807, 2.05) is 41.8 Å². The van der Waals surface area contributed by atoms with Crippen molar-refractivity contribution in [2.75, 3.05) is 12.4 Å².